The van der Waals surface area contributed by atoms with Gasteiger partial charge >= 0.3 is 0 Å². The lowest BCUT2D eigenvalue weighted by molar-refractivity contribution is 0.0910. The Labute approximate surface area is 143 Å². The monoisotopic (exact) mass is 327 g/mol. The zero-order valence-corrected chi connectivity index (χ0v) is 14.8. The summed E-state index contributed by atoms with van der Waals surface area (Å²) in [7, 11) is 0. The van der Waals surface area contributed by atoms with Crippen LogP contribution in [0, 0.1) is 13.8 Å². The maximum atomic E-state index is 12.5. The van der Waals surface area contributed by atoms with E-state index in [1.165, 1.54) is 4.68 Å². The molecule has 2 aromatic rings. The number of ether oxygens (including phenoxy) is 1. The van der Waals surface area contributed by atoms with E-state index >= 15 is 0 Å². The van der Waals surface area contributed by atoms with Crippen molar-refractivity contribution in [1.82, 2.24) is 9.78 Å². The third-order valence-corrected chi connectivity index (χ3v) is 3.77. The number of carbonyl (C=O) groups is 1. The Hall–Kier alpha value is -2.56. The second kappa shape index (κ2) is 7.81. The standard InChI is InChI=1S/C19H25N3O2/c1-6-24-17-9-7-16(8-10-17)20-12-19(23)22-15(5)18(11-13(2)3)14(4)21-22/h7-10,20H,2,6,11-12H2,1,3-5H3. The number of allylic oxidation sites excluding steroid dienone is 1. The first-order chi connectivity index (χ1) is 11.4. The molecule has 0 radical (unpaired) electrons. The van der Waals surface area contributed by atoms with Crippen LogP contribution in [0.15, 0.2) is 36.4 Å². The molecule has 24 heavy (non-hydrogen) atoms. The highest BCUT2D eigenvalue weighted by atomic mass is 16.5. The molecule has 0 unspecified atom stereocenters. The van der Waals surface area contributed by atoms with Crippen LogP contribution in [0.4, 0.5) is 5.69 Å². The van der Waals surface area contributed by atoms with Crippen molar-refractivity contribution in [1.29, 1.82) is 0 Å². The first-order valence-electron chi connectivity index (χ1n) is 8.11. The summed E-state index contributed by atoms with van der Waals surface area (Å²) < 4.78 is 6.88. The molecule has 0 aliphatic heterocycles. The molecule has 2 rings (SSSR count). The molecule has 0 saturated carbocycles. The second-order valence-electron chi connectivity index (χ2n) is 5.90. The van der Waals surface area contributed by atoms with Crippen LogP contribution < -0.4 is 10.1 Å². The Morgan fingerprint density at radius 3 is 2.54 bits per heavy atom. The van der Waals surface area contributed by atoms with E-state index in [0.717, 1.165) is 40.4 Å². The fourth-order valence-electron chi connectivity index (χ4n) is 2.56. The lowest BCUT2D eigenvalue weighted by Gasteiger charge is -2.08. The molecule has 1 aromatic carbocycles. The molecule has 1 heterocycles. The highest BCUT2D eigenvalue weighted by Crippen LogP contribution is 2.18. The van der Waals surface area contributed by atoms with E-state index in [0.29, 0.717) is 6.61 Å². The van der Waals surface area contributed by atoms with Gasteiger partial charge in [-0.3, -0.25) is 4.79 Å². The van der Waals surface area contributed by atoms with Gasteiger partial charge in [0.1, 0.15) is 5.75 Å². The van der Waals surface area contributed by atoms with Gasteiger partial charge < -0.3 is 10.1 Å². The molecule has 1 aromatic heterocycles. The minimum absolute atomic E-state index is 0.0857. The SMILES string of the molecule is C=C(C)Cc1c(C)nn(C(=O)CNc2ccc(OCC)cc2)c1C. The summed E-state index contributed by atoms with van der Waals surface area (Å²) in [5.74, 6) is 0.731. The Bertz CT molecular complexity index is 730. The summed E-state index contributed by atoms with van der Waals surface area (Å²) in [6.45, 7) is 12.5. The van der Waals surface area contributed by atoms with E-state index in [1.54, 1.807) is 0 Å². The van der Waals surface area contributed by atoms with Gasteiger partial charge in [-0.2, -0.15) is 5.10 Å². The van der Waals surface area contributed by atoms with Crippen LogP contribution in [-0.2, 0) is 6.42 Å². The largest absolute Gasteiger partial charge is 0.494 e. The minimum Gasteiger partial charge on any atom is -0.494 e. The fourth-order valence-corrected chi connectivity index (χ4v) is 2.56. The molecular formula is C19H25N3O2. The van der Waals surface area contributed by atoms with Gasteiger partial charge in [0.25, 0.3) is 5.91 Å². The van der Waals surface area contributed by atoms with Crippen LogP contribution in [-0.4, -0.2) is 28.8 Å². The quantitative estimate of drug-likeness (QED) is 0.787. The molecule has 5 heteroatoms. The van der Waals surface area contributed by atoms with E-state index < -0.39 is 0 Å². The van der Waals surface area contributed by atoms with Crippen LogP contribution in [0.2, 0.25) is 0 Å². The summed E-state index contributed by atoms with van der Waals surface area (Å²) in [6, 6.07) is 7.55. The topological polar surface area (TPSA) is 56.2 Å². The number of rotatable bonds is 7. The molecule has 0 amide bonds. The lowest BCUT2D eigenvalue weighted by Crippen LogP contribution is -2.23. The van der Waals surface area contributed by atoms with Gasteiger partial charge in [0, 0.05) is 16.9 Å². The average Bonchev–Trinajstić information content (AvgIpc) is 2.82. The van der Waals surface area contributed by atoms with E-state index in [1.807, 2.05) is 52.0 Å². The molecule has 5 nitrogen and oxygen atoms in total. The summed E-state index contributed by atoms with van der Waals surface area (Å²) in [5.41, 5.74) is 4.77. The Morgan fingerprint density at radius 2 is 1.96 bits per heavy atom. The molecule has 0 aliphatic rings. The summed E-state index contributed by atoms with van der Waals surface area (Å²) in [6.07, 6.45) is 0.747. The smallest absolute Gasteiger partial charge is 0.266 e. The number of hydrogen-bond donors (Lipinski definition) is 1. The van der Waals surface area contributed by atoms with Crippen molar-refractivity contribution < 1.29 is 9.53 Å². The Morgan fingerprint density at radius 1 is 1.29 bits per heavy atom. The fraction of sp³-hybridized carbons (Fsp3) is 0.368. The average molecular weight is 327 g/mol. The highest BCUT2D eigenvalue weighted by molar-refractivity contribution is 5.83. The Kier molecular flexibility index (Phi) is 5.79. The third-order valence-electron chi connectivity index (χ3n) is 3.77. The van der Waals surface area contributed by atoms with Crippen LogP contribution in [0.5, 0.6) is 5.75 Å². The first kappa shape index (κ1) is 17.8. The van der Waals surface area contributed by atoms with Gasteiger partial charge in [-0.15, -0.1) is 0 Å². The van der Waals surface area contributed by atoms with Crippen molar-refractivity contribution in [2.24, 2.45) is 0 Å². The molecule has 0 spiro atoms. The van der Waals surface area contributed by atoms with Gasteiger partial charge in [0.05, 0.1) is 18.8 Å². The molecule has 1 N–H and O–H groups in total. The second-order valence-corrected chi connectivity index (χ2v) is 5.90. The predicted molar refractivity (Wildman–Crippen MR) is 96.9 cm³/mol. The van der Waals surface area contributed by atoms with E-state index in [2.05, 4.69) is 17.0 Å². The maximum Gasteiger partial charge on any atom is 0.266 e. The normalized spacial score (nSPS) is 10.5. The summed E-state index contributed by atoms with van der Waals surface area (Å²) >= 11 is 0. The minimum atomic E-state index is -0.0857. The van der Waals surface area contributed by atoms with Crippen LogP contribution in [0.3, 0.4) is 0 Å². The van der Waals surface area contributed by atoms with E-state index in [9.17, 15) is 4.79 Å². The Balaban J connectivity index is 2.03. The number of nitrogens with zero attached hydrogens (tertiary/aromatic N) is 2. The first-order valence-corrected chi connectivity index (χ1v) is 8.11. The molecule has 0 bridgehead atoms. The number of anilines is 1. The van der Waals surface area contributed by atoms with Crippen LogP contribution >= 0.6 is 0 Å². The molecular weight excluding hydrogens is 302 g/mol. The number of nitrogens with one attached hydrogen (secondary N) is 1. The molecule has 0 fully saturated rings. The zero-order valence-electron chi connectivity index (χ0n) is 14.8. The highest BCUT2D eigenvalue weighted by Gasteiger charge is 2.16. The van der Waals surface area contributed by atoms with Crippen molar-refractivity contribution >= 4 is 11.6 Å². The van der Waals surface area contributed by atoms with Gasteiger partial charge in [0.15, 0.2) is 0 Å². The number of hydrogen-bond acceptors (Lipinski definition) is 4. The van der Waals surface area contributed by atoms with E-state index in [4.69, 9.17) is 4.74 Å². The summed E-state index contributed by atoms with van der Waals surface area (Å²) in [4.78, 5) is 12.5. The number of aryl methyl sites for hydroxylation is 1. The van der Waals surface area contributed by atoms with Crippen molar-refractivity contribution in [3.63, 3.8) is 0 Å². The lowest BCUT2D eigenvalue weighted by atomic mass is 10.1. The van der Waals surface area contributed by atoms with Gasteiger partial charge in [-0.25, -0.2) is 4.68 Å². The maximum absolute atomic E-state index is 12.5. The van der Waals surface area contributed by atoms with Crippen molar-refractivity contribution in [2.45, 2.75) is 34.1 Å². The molecule has 0 saturated heterocycles. The van der Waals surface area contributed by atoms with Crippen molar-refractivity contribution in [3.05, 3.63) is 53.4 Å². The molecule has 0 aliphatic carbocycles. The third kappa shape index (κ3) is 4.25. The van der Waals surface area contributed by atoms with Gasteiger partial charge in [-0.1, -0.05) is 12.2 Å². The predicted octanol–water partition coefficient (Wildman–Crippen LogP) is 3.77. The van der Waals surface area contributed by atoms with Crippen LogP contribution in [0.1, 0.15) is 35.6 Å². The van der Waals surface area contributed by atoms with Gasteiger partial charge in [0.2, 0.25) is 0 Å². The molecule has 0 atom stereocenters. The number of benzene rings is 1. The number of carbonyl (C=O) groups excluding carboxylic acids is 1. The summed E-state index contributed by atoms with van der Waals surface area (Å²) in [5, 5.41) is 7.51. The van der Waals surface area contributed by atoms with E-state index in [-0.39, 0.29) is 12.5 Å². The number of aromatic nitrogens is 2. The van der Waals surface area contributed by atoms with Gasteiger partial charge in [-0.05, 0) is 58.4 Å². The molecule has 128 valence electrons. The van der Waals surface area contributed by atoms with Crippen molar-refractivity contribution in [2.75, 3.05) is 18.5 Å². The van der Waals surface area contributed by atoms with Crippen molar-refractivity contribution in [3.8, 4) is 5.75 Å². The zero-order chi connectivity index (χ0) is 17.7. The van der Waals surface area contributed by atoms with Crippen LogP contribution in [0.25, 0.3) is 0 Å².